The summed E-state index contributed by atoms with van der Waals surface area (Å²) in [5.74, 6) is 0.552. The van der Waals surface area contributed by atoms with Gasteiger partial charge in [0.1, 0.15) is 6.04 Å². The summed E-state index contributed by atoms with van der Waals surface area (Å²) in [5, 5.41) is 13.0. The molecule has 0 fully saturated rings. The predicted octanol–water partition coefficient (Wildman–Crippen LogP) is 2.54. The third-order valence-electron chi connectivity index (χ3n) is 3.57. The number of aryl methyl sites for hydroxylation is 1. The number of aromatic nitrogens is 2. The molecule has 1 atom stereocenters. The Morgan fingerprint density at radius 2 is 2.00 bits per heavy atom. The van der Waals surface area contributed by atoms with Crippen molar-refractivity contribution < 1.29 is 13.9 Å². The van der Waals surface area contributed by atoms with Crippen LogP contribution in [0.2, 0.25) is 0 Å². The van der Waals surface area contributed by atoms with Gasteiger partial charge in [0.05, 0.1) is 13.7 Å². The number of fused-ring (bicyclic) bond motifs is 1. The van der Waals surface area contributed by atoms with Crippen LogP contribution in [0.5, 0.6) is 0 Å². The van der Waals surface area contributed by atoms with Gasteiger partial charge in [-0.25, -0.2) is 4.79 Å². The summed E-state index contributed by atoms with van der Waals surface area (Å²) in [6, 6.07) is 13.3. The molecule has 0 saturated heterocycles. The summed E-state index contributed by atoms with van der Waals surface area (Å²) in [6.07, 6.45) is 0. The van der Waals surface area contributed by atoms with Crippen molar-refractivity contribution in [3.05, 3.63) is 59.8 Å². The van der Waals surface area contributed by atoms with Gasteiger partial charge in [-0.3, -0.25) is 5.32 Å². The van der Waals surface area contributed by atoms with Crippen LogP contribution >= 0.6 is 0 Å². The molecule has 1 aromatic heterocycles. The minimum absolute atomic E-state index is 0.285. The van der Waals surface area contributed by atoms with Gasteiger partial charge in [-0.2, -0.15) is 0 Å². The molecule has 0 bridgehead atoms. The Morgan fingerprint density at radius 1 is 1.22 bits per heavy atom. The second-order valence-corrected chi connectivity index (χ2v) is 5.16. The van der Waals surface area contributed by atoms with E-state index in [4.69, 9.17) is 9.15 Å². The fraction of sp³-hybridized carbons (Fsp3) is 0.235. The molecule has 118 valence electrons. The fourth-order valence-corrected chi connectivity index (χ4v) is 2.44. The van der Waals surface area contributed by atoms with Crippen molar-refractivity contribution >= 4 is 16.7 Å². The third-order valence-corrected chi connectivity index (χ3v) is 3.57. The van der Waals surface area contributed by atoms with E-state index in [0.717, 1.165) is 16.3 Å². The van der Waals surface area contributed by atoms with E-state index < -0.39 is 6.04 Å². The Bertz CT molecular complexity index is 829. The molecule has 0 amide bonds. The SMILES string of the molecule is COC(=O)[C@H](NCc1nnc(C)o1)c1ccc2ccccc2c1. The van der Waals surface area contributed by atoms with Crippen LogP contribution in [0.1, 0.15) is 23.4 Å². The molecule has 1 N–H and O–H groups in total. The highest BCUT2D eigenvalue weighted by molar-refractivity contribution is 5.85. The van der Waals surface area contributed by atoms with Crippen molar-refractivity contribution in [3.8, 4) is 0 Å². The van der Waals surface area contributed by atoms with Crippen LogP contribution < -0.4 is 5.32 Å². The van der Waals surface area contributed by atoms with Crippen molar-refractivity contribution in [1.82, 2.24) is 15.5 Å². The van der Waals surface area contributed by atoms with E-state index in [1.54, 1.807) is 6.92 Å². The van der Waals surface area contributed by atoms with Crippen LogP contribution in [-0.2, 0) is 16.1 Å². The first-order valence-electron chi connectivity index (χ1n) is 7.26. The zero-order valence-corrected chi connectivity index (χ0v) is 12.9. The lowest BCUT2D eigenvalue weighted by Gasteiger charge is -2.16. The van der Waals surface area contributed by atoms with Gasteiger partial charge in [0.2, 0.25) is 11.8 Å². The lowest BCUT2D eigenvalue weighted by molar-refractivity contribution is -0.143. The maximum atomic E-state index is 12.1. The quantitative estimate of drug-likeness (QED) is 0.730. The van der Waals surface area contributed by atoms with Gasteiger partial charge in [-0.15, -0.1) is 10.2 Å². The predicted molar refractivity (Wildman–Crippen MR) is 84.6 cm³/mol. The van der Waals surface area contributed by atoms with Crippen molar-refractivity contribution in [1.29, 1.82) is 0 Å². The van der Waals surface area contributed by atoms with Gasteiger partial charge >= 0.3 is 5.97 Å². The Labute approximate surface area is 133 Å². The maximum Gasteiger partial charge on any atom is 0.327 e. The normalized spacial score (nSPS) is 12.3. The van der Waals surface area contributed by atoms with Gasteiger partial charge in [-0.05, 0) is 22.4 Å². The lowest BCUT2D eigenvalue weighted by Crippen LogP contribution is -2.29. The number of carbonyl (C=O) groups is 1. The maximum absolute atomic E-state index is 12.1. The number of benzene rings is 2. The number of methoxy groups -OCH3 is 1. The largest absolute Gasteiger partial charge is 0.468 e. The molecule has 0 saturated carbocycles. The van der Waals surface area contributed by atoms with Gasteiger partial charge in [0.25, 0.3) is 0 Å². The first kappa shape index (κ1) is 15.2. The van der Waals surface area contributed by atoms with E-state index in [0.29, 0.717) is 11.8 Å². The molecular formula is C17H17N3O3. The van der Waals surface area contributed by atoms with Crippen LogP contribution in [-0.4, -0.2) is 23.3 Å². The zero-order chi connectivity index (χ0) is 16.2. The number of esters is 1. The molecule has 0 aliphatic carbocycles. The molecule has 0 aliphatic rings. The van der Waals surface area contributed by atoms with Crippen molar-refractivity contribution in [2.24, 2.45) is 0 Å². The topological polar surface area (TPSA) is 77.2 Å². The van der Waals surface area contributed by atoms with Crippen LogP contribution in [0.25, 0.3) is 10.8 Å². The first-order valence-corrected chi connectivity index (χ1v) is 7.26. The Balaban J connectivity index is 1.86. The summed E-state index contributed by atoms with van der Waals surface area (Å²) < 4.78 is 10.2. The van der Waals surface area contributed by atoms with Gasteiger partial charge in [0, 0.05) is 6.92 Å². The van der Waals surface area contributed by atoms with Crippen LogP contribution in [0.15, 0.2) is 46.9 Å². The number of carbonyl (C=O) groups excluding carboxylic acids is 1. The van der Waals surface area contributed by atoms with E-state index in [-0.39, 0.29) is 12.5 Å². The monoisotopic (exact) mass is 311 g/mol. The minimum Gasteiger partial charge on any atom is -0.468 e. The molecular weight excluding hydrogens is 294 g/mol. The molecule has 0 radical (unpaired) electrons. The Kier molecular flexibility index (Phi) is 4.34. The summed E-state index contributed by atoms with van der Waals surface area (Å²) in [5.41, 5.74) is 0.826. The summed E-state index contributed by atoms with van der Waals surface area (Å²) in [7, 11) is 1.37. The highest BCUT2D eigenvalue weighted by Gasteiger charge is 2.22. The molecule has 0 spiro atoms. The second kappa shape index (κ2) is 6.58. The number of rotatable bonds is 5. The third kappa shape index (κ3) is 3.37. The average molecular weight is 311 g/mol. The molecule has 0 unspecified atom stereocenters. The number of hydrogen-bond acceptors (Lipinski definition) is 6. The minimum atomic E-state index is -0.600. The Morgan fingerprint density at radius 3 is 2.70 bits per heavy atom. The Hall–Kier alpha value is -2.73. The van der Waals surface area contributed by atoms with E-state index in [2.05, 4.69) is 15.5 Å². The second-order valence-electron chi connectivity index (χ2n) is 5.16. The molecule has 2 aromatic carbocycles. The van der Waals surface area contributed by atoms with Crippen LogP contribution in [0.3, 0.4) is 0 Å². The van der Waals surface area contributed by atoms with Crippen molar-refractivity contribution in [2.45, 2.75) is 19.5 Å². The smallest absolute Gasteiger partial charge is 0.327 e. The number of hydrogen-bond donors (Lipinski definition) is 1. The van der Waals surface area contributed by atoms with Gasteiger partial charge in [0.15, 0.2) is 0 Å². The first-order chi connectivity index (χ1) is 11.2. The van der Waals surface area contributed by atoms with Gasteiger partial charge in [-0.1, -0.05) is 36.4 Å². The van der Waals surface area contributed by atoms with E-state index in [1.165, 1.54) is 7.11 Å². The zero-order valence-electron chi connectivity index (χ0n) is 12.9. The average Bonchev–Trinajstić information content (AvgIpc) is 3.00. The summed E-state index contributed by atoms with van der Waals surface area (Å²) in [4.78, 5) is 12.1. The van der Waals surface area contributed by atoms with Crippen molar-refractivity contribution in [2.75, 3.05) is 7.11 Å². The van der Waals surface area contributed by atoms with Crippen LogP contribution in [0.4, 0.5) is 0 Å². The number of nitrogens with zero attached hydrogens (tertiary/aromatic N) is 2. The molecule has 0 aliphatic heterocycles. The molecule has 6 heteroatoms. The van der Waals surface area contributed by atoms with Crippen LogP contribution in [0, 0.1) is 6.92 Å². The molecule has 3 rings (SSSR count). The van der Waals surface area contributed by atoms with E-state index in [1.807, 2.05) is 42.5 Å². The standard InChI is InChI=1S/C17H17N3O3/c1-11-19-20-15(23-11)10-18-16(17(21)22-2)14-8-7-12-5-3-4-6-13(12)9-14/h3-9,16,18H,10H2,1-2H3/t16-/m1/s1. The molecule has 3 aromatic rings. The highest BCUT2D eigenvalue weighted by Crippen LogP contribution is 2.21. The van der Waals surface area contributed by atoms with Gasteiger partial charge < -0.3 is 9.15 Å². The molecule has 23 heavy (non-hydrogen) atoms. The number of nitrogens with one attached hydrogen (secondary N) is 1. The highest BCUT2D eigenvalue weighted by atomic mass is 16.5. The van der Waals surface area contributed by atoms with Crippen molar-refractivity contribution in [3.63, 3.8) is 0 Å². The summed E-state index contributed by atoms with van der Waals surface area (Å²) in [6.45, 7) is 2.01. The summed E-state index contributed by atoms with van der Waals surface area (Å²) >= 11 is 0. The number of ether oxygens (including phenoxy) is 1. The van der Waals surface area contributed by atoms with E-state index >= 15 is 0 Å². The fourth-order valence-electron chi connectivity index (χ4n) is 2.44. The lowest BCUT2D eigenvalue weighted by atomic mass is 10.0. The molecule has 1 heterocycles. The van der Waals surface area contributed by atoms with E-state index in [9.17, 15) is 4.79 Å². The molecule has 6 nitrogen and oxygen atoms in total.